The molecule has 0 aromatic heterocycles. The summed E-state index contributed by atoms with van der Waals surface area (Å²) >= 11 is 0. The molecule has 3 aliphatic rings. The lowest BCUT2D eigenvalue weighted by molar-refractivity contribution is -0.135. The molecular weight excluding hydrogens is 348 g/mol. The van der Waals surface area contributed by atoms with E-state index in [0.29, 0.717) is 22.8 Å². The molecule has 2 saturated carbocycles. The highest BCUT2D eigenvalue weighted by Crippen LogP contribution is 2.62. The summed E-state index contributed by atoms with van der Waals surface area (Å²) in [6.45, 7) is 14.3. The van der Waals surface area contributed by atoms with Crippen LogP contribution in [0.15, 0.2) is 35.5 Å². The van der Waals surface area contributed by atoms with Crippen LogP contribution in [-0.4, -0.2) is 23.8 Å². The van der Waals surface area contributed by atoms with Crippen molar-refractivity contribution in [2.24, 2.45) is 22.7 Å². The molecule has 3 nitrogen and oxygen atoms in total. The number of cyclic esters (lactones) is 1. The normalized spacial score (nSPS) is 37.3. The SMILES string of the molecule is C=C1CCC[C@H]2[C@](C)(CC/C(C)=C/C[C@@H](O)C3=CC(=O)OC3)[C@@H](C)CC[C@]12C. The molecule has 0 unspecified atom stereocenters. The molecule has 1 N–H and O–H groups in total. The predicted molar refractivity (Wildman–Crippen MR) is 114 cm³/mol. The first-order valence-electron chi connectivity index (χ1n) is 11.1. The van der Waals surface area contributed by atoms with E-state index in [4.69, 9.17) is 4.74 Å². The van der Waals surface area contributed by atoms with Crippen molar-refractivity contribution in [2.45, 2.75) is 85.2 Å². The van der Waals surface area contributed by atoms with Crippen LogP contribution in [0.2, 0.25) is 0 Å². The fourth-order valence-electron chi connectivity index (χ4n) is 6.00. The summed E-state index contributed by atoms with van der Waals surface area (Å²) in [5, 5.41) is 10.3. The van der Waals surface area contributed by atoms with Crippen LogP contribution < -0.4 is 0 Å². The first-order valence-corrected chi connectivity index (χ1v) is 11.1. The summed E-state index contributed by atoms with van der Waals surface area (Å²) < 4.78 is 4.89. The Morgan fingerprint density at radius 3 is 2.86 bits per heavy atom. The lowest BCUT2D eigenvalue weighted by Gasteiger charge is -2.59. The molecule has 3 rings (SSSR count). The van der Waals surface area contributed by atoms with Crippen LogP contribution in [0.25, 0.3) is 0 Å². The summed E-state index contributed by atoms with van der Waals surface area (Å²) in [6.07, 6.45) is 12.2. The van der Waals surface area contributed by atoms with Gasteiger partial charge in [0, 0.05) is 11.6 Å². The van der Waals surface area contributed by atoms with E-state index >= 15 is 0 Å². The number of esters is 1. The van der Waals surface area contributed by atoms with Gasteiger partial charge in [0.05, 0.1) is 6.10 Å². The van der Waals surface area contributed by atoms with Crippen molar-refractivity contribution in [3.63, 3.8) is 0 Å². The van der Waals surface area contributed by atoms with Crippen LogP contribution in [0, 0.1) is 22.7 Å². The lowest BCUT2D eigenvalue weighted by atomic mass is 9.46. The zero-order valence-corrected chi connectivity index (χ0v) is 18.2. The third-order valence-electron chi connectivity index (χ3n) is 8.43. The molecule has 28 heavy (non-hydrogen) atoms. The Kier molecular flexibility index (Phi) is 6.24. The molecule has 0 spiro atoms. The van der Waals surface area contributed by atoms with Gasteiger partial charge in [-0.3, -0.25) is 0 Å². The van der Waals surface area contributed by atoms with E-state index in [9.17, 15) is 9.90 Å². The Balaban J connectivity index is 1.63. The van der Waals surface area contributed by atoms with E-state index in [0.717, 1.165) is 18.3 Å². The number of hydrogen-bond donors (Lipinski definition) is 1. The van der Waals surface area contributed by atoms with Crippen molar-refractivity contribution < 1.29 is 14.6 Å². The average Bonchev–Trinajstić information content (AvgIpc) is 3.10. The minimum absolute atomic E-state index is 0.229. The Morgan fingerprint density at radius 2 is 2.18 bits per heavy atom. The molecule has 156 valence electrons. The number of hydrogen-bond acceptors (Lipinski definition) is 3. The summed E-state index contributed by atoms with van der Waals surface area (Å²) in [5.74, 6) is 1.13. The quantitative estimate of drug-likeness (QED) is 0.467. The van der Waals surface area contributed by atoms with Gasteiger partial charge < -0.3 is 9.84 Å². The highest BCUT2D eigenvalue weighted by Gasteiger charge is 2.53. The Morgan fingerprint density at radius 1 is 1.43 bits per heavy atom. The maximum Gasteiger partial charge on any atom is 0.331 e. The summed E-state index contributed by atoms with van der Waals surface area (Å²) in [5.41, 5.74) is 4.17. The largest absolute Gasteiger partial charge is 0.458 e. The highest BCUT2D eigenvalue weighted by molar-refractivity contribution is 5.85. The molecule has 1 heterocycles. The van der Waals surface area contributed by atoms with Gasteiger partial charge in [-0.1, -0.05) is 44.6 Å². The van der Waals surface area contributed by atoms with Gasteiger partial charge in [-0.2, -0.15) is 0 Å². The number of aliphatic hydroxyl groups excluding tert-OH is 1. The second-order valence-electron chi connectivity index (χ2n) is 10.0. The van der Waals surface area contributed by atoms with Crippen LogP contribution in [0.1, 0.15) is 79.1 Å². The minimum atomic E-state index is -0.615. The van der Waals surface area contributed by atoms with E-state index in [1.807, 2.05) is 0 Å². The number of aliphatic hydroxyl groups is 1. The number of carbonyl (C=O) groups excluding carboxylic acids is 1. The van der Waals surface area contributed by atoms with Crippen molar-refractivity contribution in [2.75, 3.05) is 6.61 Å². The highest BCUT2D eigenvalue weighted by atomic mass is 16.5. The molecule has 5 atom stereocenters. The third-order valence-corrected chi connectivity index (χ3v) is 8.43. The summed E-state index contributed by atoms with van der Waals surface area (Å²) in [7, 11) is 0. The number of carbonyl (C=O) groups is 1. The van der Waals surface area contributed by atoms with Gasteiger partial charge in [-0.15, -0.1) is 0 Å². The zero-order chi connectivity index (χ0) is 20.5. The molecule has 0 aromatic carbocycles. The van der Waals surface area contributed by atoms with Crippen molar-refractivity contribution in [3.8, 4) is 0 Å². The van der Waals surface area contributed by atoms with Crippen LogP contribution in [0.4, 0.5) is 0 Å². The van der Waals surface area contributed by atoms with Crippen LogP contribution in [0.5, 0.6) is 0 Å². The van der Waals surface area contributed by atoms with Gasteiger partial charge in [-0.25, -0.2) is 4.79 Å². The Hall–Kier alpha value is -1.35. The van der Waals surface area contributed by atoms with Gasteiger partial charge in [0.2, 0.25) is 0 Å². The minimum Gasteiger partial charge on any atom is -0.458 e. The van der Waals surface area contributed by atoms with E-state index in [-0.39, 0.29) is 12.6 Å². The monoisotopic (exact) mass is 386 g/mol. The van der Waals surface area contributed by atoms with Crippen LogP contribution >= 0.6 is 0 Å². The lowest BCUT2D eigenvalue weighted by Crippen LogP contribution is -2.50. The number of allylic oxidation sites excluding steroid dienone is 2. The number of ether oxygens (including phenoxy) is 1. The smallest absolute Gasteiger partial charge is 0.331 e. The second kappa shape index (κ2) is 8.18. The molecule has 3 heteroatoms. The van der Waals surface area contributed by atoms with Gasteiger partial charge in [0.1, 0.15) is 6.61 Å². The molecule has 1 aliphatic heterocycles. The van der Waals surface area contributed by atoms with Crippen LogP contribution in [-0.2, 0) is 9.53 Å². The fraction of sp³-hybridized carbons (Fsp3) is 0.720. The number of rotatable bonds is 6. The molecular formula is C25H38O3. The van der Waals surface area contributed by atoms with E-state index in [1.165, 1.54) is 55.7 Å². The topological polar surface area (TPSA) is 46.5 Å². The Labute approximate surface area is 170 Å². The van der Waals surface area contributed by atoms with E-state index < -0.39 is 6.10 Å². The molecule has 0 saturated heterocycles. The maximum atomic E-state index is 11.2. The molecule has 2 fully saturated rings. The van der Waals surface area contributed by atoms with Gasteiger partial charge in [0.25, 0.3) is 0 Å². The van der Waals surface area contributed by atoms with Crippen molar-refractivity contribution >= 4 is 5.97 Å². The van der Waals surface area contributed by atoms with Gasteiger partial charge >= 0.3 is 5.97 Å². The molecule has 0 aromatic rings. The molecule has 0 bridgehead atoms. The van der Waals surface area contributed by atoms with Crippen molar-refractivity contribution in [3.05, 3.63) is 35.5 Å². The van der Waals surface area contributed by atoms with Crippen molar-refractivity contribution in [1.29, 1.82) is 0 Å². The zero-order valence-electron chi connectivity index (χ0n) is 18.2. The molecule has 0 radical (unpaired) electrons. The van der Waals surface area contributed by atoms with Gasteiger partial charge in [-0.05, 0) is 81.0 Å². The second-order valence-corrected chi connectivity index (χ2v) is 10.0. The fourth-order valence-corrected chi connectivity index (χ4v) is 6.00. The van der Waals surface area contributed by atoms with Crippen molar-refractivity contribution in [1.82, 2.24) is 0 Å². The standard InChI is InChI=1S/C25H38O3/c1-17(9-10-21(26)20-15-23(27)28-16-20)11-13-24(4)19(3)12-14-25(5)18(2)7-6-8-22(24)25/h9,15,19,21-22,26H,2,6-8,10-14,16H2,1,3-5H3/b17-9+/t19-,21+,22-,24+,25+/m0/s1. The van der Waals surface area contributed by atoms with Crippen LogP contribution in [0.3, 0.4) is 0 Å². The average molecular weight is 387 g/mol. The Bertz CT molecular complexity index is 688. The van der Waals surface area contributed by atoms with E-state index in [1.54, 1.807) is 0 Å². The van der Waals surface area contributed by atoms with Gasteiger partial charge in [0.15, 0.2) is 0 Å². The summed E-state index contributed by atoms with van der Waals surface area (Å²) in [6, 6.07) is 0. The third kappa shape index (κ3) is 4.01. The predicted octanol–water partition coefficient (Wildman–Crippen LogP) is 5.75. The maximum absolute atomic E-state index is 11.2. The summed E-state index contributed by atoms with van der Waals surface area (Å²) in [4.78, 5) is 11.2. The first-order chi connectivity index (χ1) is 13.2. The number of fused-ring (bicyclic) bond motifs is 1. The molecule has 2 aliphatic carbocycles. The first kappa shape index (κ1) is 21.4. The van der Waals surface area contributed by atoms with E-state index in [2.05, 4.69) is 40.3 Å². The molecule has 0 amide bonds.